The Morgan fingerprint density at radius 2 is 2.33 bits per heavy atom. The molecule has 2 aromatic rings. The van der Waals surface area contributed by atoms with Crippen LogP contribution in [-0.2, 0) is 0 Å². The number of nitrogens with zero attached hydrogens (tertiary/aromatic N) is 1. The van der Waals surface area contributed by atoms with Crippen molar-refractivity contribution < 1.29 is 9.84 Å². The summed E-state index contributed by atoms with van der Waals surface area (Å²) in [5, 5.41) is 13.2. The Morgan fingerprint density at radius 3 is 3.06 bits per heavy atom. The van der Waals surface area contributed by atoms with Crippen LogP contribution in [0.25, 0.3) is 0 Å². The maximum atomic E-state index is 10.2. The van der Waals surface area contributed by atoms with Crippen LogP contribution in [0.1, 0.15) is 34.9 Å². The highest BCUT2D eigenvalue weighted by molar-refractivity contribution is 9.10. The lowest BCUT2D eigenvalue weighted by molar-refractivity contribution is 0.0638. The first-order valence-electron chi connectivity index (χ1n) is 5.69. The number of benzene rings is 1. The summed E-state index contributed by atoms with van der Waals surface area (Å²) >= 11 is 5.01. The molecule has 0 spiro atoms. The van der Waals surface area contributed by atoms with Crippen LogP contribution < -0.4 is 4.74 Å². The Morgan fingerprint density at radius 1 is 1.50 bits per heavy atom. The molecule has 1 aliphatic heterocycles. The molecule has 1 aromatic carbocycles. The summed E-state index contributed by atoms with van der Waals surface area (Å²) in [5.74, 6) is 0.743. The number of aryl methyl sites for hydroxylation is 1. The maximum absolute atomic E-state index is 10.2. The minimum Gasteiger partial charge on any atom is -0.484 e. The molecule has 1 aliphatic rings. The molecule has 0 bridgehead atoms. The smallest absolute Gasteiger partial charge is 0.144 e. The Kier molecular flexibility index (Phi) is 3.13. The van der Waals surface area contributed by atoms with E-state index >= 15 is 0 Å². The van der Waals surface area contributed by atoms with Gasteiger partial charge in [-0.25, -0.2) is 4.98 Å². The highest BCUT2D eigenvalue weighted by atomic mass is 79.9. The molecule has 3 nitrogen and oxygen atoms in total. The fraction of sp³-hybridized carbons (Fsp3) is 0.308. The third-order valence-corrected chi connectivity index (χ3v) is 4.29. The number of hydrogen-bond acceptors (Lipinski definition) is 4. The molecule has 1 aromatic heterocycles. The minimum absolute atomic E-state index is 0.154. The predicted octanol–water partition coefficient (Wildman–Crippen LogP) is 3.77. The van der Waals surface area contributed by atoms with Gasteiger partial charge in [-0.05, 0) is 25.1 Å². The van der Waals surface area contributed by atoms with Crippen LogP contribution in [0.2, 0.25) is 0 Å². The Hall–Kier alpha value is -0.910. The zero-order chi connectivity index (χ0) is 12.7. The number of halogens is 1. The number of aromatic nitrogens is 1. The van der Waals surface area contributed by atoms with Crippen LogP contribution >= 0.6 is 27.3 Å². The molecular formula is C13H12BrNO2S. The number of aliphatic hydroxyl groups excluding tert-OH is 1. The van der Waals surface area contributed by atoms with E-state index in [4.69, 9.17) is 4.74 Å². The molecular weight excluding hydrogens is 314 g/mol. The SMILES string of the molecule is Cc1nc(C2CC(O)c3cc(Br)ccc3O2)cs1. The summed E-state index contributed by atoms with van der Waals surface area (Å²) in [6, 6.07) is 5.71. The second-order valence-corrected chi connectivity index (χ2v) is 6.31. The van der Waals surface area contributed by atoms with Gasteiger partial charge < -0.3 is 9.84 Å². The van der Waals surface area contributed by atoms with E-state index in [0.717, 1.165) is 26.5 Å². The minimum atomic E-state index is -0.502. The predicted molar refractivity (Wildman–Crippen MR) is 73.9 cm³/mol. The normalized spacial score (nSPS) is 22.4. The number of rotatable bonds is 1. The summed E-state index contributed by atoms with van der Waals surface area (Å²) in [4.78, 5) is 4.43. The summed E-state index contributed by atoms with van der Waals surface area (Å²) in [6.45, 7) is 1.97. The molecule has 2 heterocycles. The number of hydrogen-bond donors (Lipinski definition) is 1. The Balaban J connectivity index is 1.94. The van der Waals surface area contributed by atoms with Crippen molar-refractivity contribution in [1.29, 1.82) is 0 Å². The van der Waals surface area contributed by atoms with Gasteiger partial charge >= 0.3 is 0 Å². The first-order chi connectivity index (χ1) is 8.63. The molecule has 5 heteroatoms. The topological polar surface area (TPSA) is 42.4 Å². The summed E-state index contributed by atoms with van der Waals surface area (Å²) < 4.78 is 6.87. The number of ether oxygens (including phenoxy) is 1. The molecule has 18 heavy (non-hydrogen) atoms. The monoisotopic (exact) mass is 325 g/mol. The van der Waals surface area contributed by atoms with Crippen molar-refractivity contribution in [3.63, 3.8) is 0 Å². The van der Waals surface area contributed by atoms with Crippen LogP contribution in [-0.4, -0.2) is 10.1 Å². The highest BCUT2D eigenvalue weighted by Crippen LogP contribution is 2.41. The van der Waals surface area contributed by atoms with Gasteiger partial charge in [-0.1, -0.05) is 15.9 Å². The standard InChI is InChI=1S/C13H12BrNO2S/c1-7-15-10(6-18-7)13-5-11(16)9-4-8(14)2-3-12(9)17-13/h2-4,6,11,13,16H,5H2,1H3. The molecule has 1 N–H and O–H groups in total. The van der Waals surface area contributed by atoms with Crippen molar-refractivity contribution in [1.82, 2.24) is 4.98 Å². The zero-order valence-corrected chi connectivity index (χ0v) is 12.2. The third kappa shape index (κ3) is 2.18. The second-order valence-electron chi connectivity index (χ2n) is 4.33. The van der Waals surface area contributed by atoms with Gasteiger partial charge in [0.1, 0.15) is 11.9 Å². The number of fused-ring (bicyclic) bond motifs is 1. The maximum Gasteiger partial charge on any atom is 0.144 e. The van der Waals surface area contributed by atoms with Gasteiger partial charge in [-0.15, -0.1) is 11.3 Å². The van der Waals surface area contributed by atoms with E-state index in [1.54, 1.807) is 11.3 Å². The first kappa shape index (κ1) is 12.1. The van der Waals surface area contributed by atoms with Gasteiger partial charge in [-0.3, -0.25) is 0 Å². The Bertz CT molecular complexity index is 584. The molecule has 0 radical (unpaired) electrons. The molecule has 3 rings (SSSR count). The van der Waals surface area contributed by atoms with Gasteiger partial charge in [0, 0.05) is 21.8 Å². The molecule has 2 unspecified atom stereocenters. The van der Waals surface area contributed by atoms with Crippen LogP contribution in [0.3, 0.4) is 0 Å². The lowest BCUT2D eigenvalue weighted by atomic mass is 9.98. The van der Waals surface area contributed by atoms with E-state index in [9.17, 15) is 5.11 Å². The van der Waals surface area contributed by atoms with Crippen molar-refractivity contribution >= 4 is 27.3 Å². The third-order valence-electron chi connectivity index (χ3n) is 3.00. The van der Waals surface area contributed by atoms with E-state index in [2.05, 4.69) is 20.9 Å². The van der Waals surface area contributed by atoms with Gasteiger partial charge in [0.2, 0.25) is 0 Å². The lowest BCUT2D eigenvalue weighted by Crippen LogP contribution is -2.19. The van der Waals surface area contributed by atoms with Gasteiger partial charge in [0.25, 0.3) is 0 Å². The molecule has 94 valence electrons. The fourth-order valence-corrected chi connectivity index (χ4v) is 3.16. The van der Waals surface area contributed by atoms with Crippen LogP contribution in [0.5, 0.6) is 5.75 Å². The average Bonchev–Trinajstić information content (AvgIpc) is 2.77. The first-order valence-corrected chi connectivity index (χ1v) is 7.37. The Labute approximate surface area is 118 Å². The molecule has 0 aliphatic carbocycles. The van der Waals surface area contributed by atoms with Crippen molar-refractivity contribution in [2.75, 3.05) is 0 Å². The summed E-state index contributed by atoms with van der Waals surface area (Å²) in [5.41, 5.74) is 1.75. The van der Waals surface area contributed by atoms with Crippen molar-refractivity contribution in [2.45, 2.75) is 25.6 Å². The lowest BCUT2D eigenvalue weighted by Gasteiger charge is -2.28. The van der Waals surface area contributed by atoms with Gasteiger partial charge in [-0.2, -0.15) is 0 Å². The van der Waals surface area contributed by atoms with Gasteiger partial charge in [0.15, 0.2) is 0 Å². The van der Waals surface area contributed by atoms with E-state index < -0.39 is 6.10 Å². The van der Waals surface area contributed by atoms with Gasteiger partial charge in [0.05, 0.1) is 16.8 Å². The molecule has 0 saturated heterocycles. The van der Waals surface area contributed by atoms with Crippen LogP contribution in [0, 0.1) is 6.92 Å². The van der Waals surface area contributed by atoms with E-state index in [-0.39, 0.29) is 6.10 Å². The van der Waals surface area contributed by atoms with Crippen molar-refractivity contribution in [3.8, 4) is 5.75 Å². The van der Waals surface area contributed by atoms with Crippen molar-refractivity contribution in [3.05, 3.63) is 44.3 Å². The summed E-state index contributed by atoms with van der Waals surface area (Å²) in [6.07, 6.45) is -0.107. The summed E-state index contributed by atoms with van der Waals surface area (Å²) in [7, 11) is 0. The molecule has 2 atom stereocenters. The zero-order valence-electron chi connectivity index (χ0n) is 9.76. The van der Waals surface area contributed by atoms with Crippen LogP contribution in [0.15, 0.2) is 28.1 Å². The average molecular weight is 326 g/mol. The van der Waals surface area contributed by atoms with E-state index in [1.165, 1.54) is 0 Å². The number of aliphatic hydroxyl groups is 1. The van der Waals surface area contributed by atoms with Crippen LogP contribution in [0.4, 0.5) is 0 Å². The second kappa shape index (κ2) is 4.64. The van der Waals surface area contributed by atoms with E-state index in [1.807, 2.05) is 30.5 Å². The van der Waals surface area contributed by atoms with E-state index in [0.29, 0.717) is 6.42 Å². The molecule has 0 fully saturated rings. The molecule has 0 amide bonds. The molecule has 0 saturated carbocycles. The number of thiazole rings is 1. The largest absolute Gasteiger partial charge is 0.484 e. The highest BCUT2D eigenvalue weighted by Gasteiger charge is 2.29. The fourth-order valence-electron chi connectivity index (χ4n) is 2.13. The van der Waals surface area contributed by atoms with Crippen molar-refractivity contribution in [2.24, 2.45) is 0 Å². The quantitative estimate of drug-likeness (QED) is 0.867.